The number of benzene rings is 1. The van der Waals surface area contributed by atoms with Crippen molar-refractivity contribution in [2.75, 3.05) is 5.32 Å². The molecular weight excluding hydrogens is 277 g/mol. The summed E-state index contributed by atoms with van der Waals surface area (Å²) in [5.41, 5.74) is 1.88. The van der Waals surface area contributed by atoms with Gasteiger partial charge in [-0.1, -0.05) is 18.5 Å². The molecule has 1 heterocycles. The normalized spacial score (nSPS) is 11.7. The van der Waals surface area contributed by atoms with Crippen LogP contribution in [-0.4, -0.2) is 4.98 Å². The third-order valence-electron chi connectivity index (χ3n) is 2.95. The average molecular weight is 290 g/mol. The zero-order valence-corrected chi connectivity index (χ0v) is 11.7. The van der Waals surface area contributed by atoms with Crippen LogP contribution in [0.4, 0.5) is 10.1 Å². The summed E-state index contributed by atoms with van der Waals surface area (Å²) in [5, 5.41) is 12.9. The molecule has 0 bridgehead atoms. The van der Waals surface area contributed by atoms with Crippen molar-refractivity contribution in [1.82, 2.24) is 4.98 Å². The first-order valence-corrected chi connectivity index (χ1v) is 6.59. The second-order valence-corrected chi connectivity index (χ2v) is 4.74. The Hall–Kier alpha value is -2.12. The SMILES string of the molecule is CCC(Nc1cc(Cl)ccc1C#N)c1ccc(F)cn1. The number of halogens is 2. The number of nitrogens with one attached hydrogen (secondary N) is 1. The number of aromatic nitrogens is 1. The highest BCUT2D eigenvalue weighted by Crippen LogP contribution is 2.26. The number of anilines is 1. The number of nitrogens with zero attached hydrogens (tertiary/aromatic N) is 2. The van der Waals surface area contributed by atoms with Gasteiger partial charge in [0.1, 0.15) is 11.9 Å². The van der Waals surface area contributed by atoms with Crippen LogP contribution in [0.25, 0.3) is 0 Å². The first-order valence-electron chi connectivity index (χ1n) is 6.21. The van der Waals surface area contributed by atoms with Crippen molar-refractivity contribution in [3.63, 3.8) is 0 Å². The number of nitriles is 1. The van der Waals surface area contributed by atoms with E-state index in [0.717, 1.165) is 12.1 Å². The van der Waals surface area contributed by atoms with Crippen molar-refractivity contribution >= 4 is 17.3 Å². The minimum Gasteiger partial charge on any atom is -0.376 e. The Kier molecular flexibility index (Phi) is 4.54. The summed E-state index contributed by atoms with van der Waals surface area (Å²) >= 11 is 5.95. The maximum atomic E-state index is 12.9. The Morgan fingerprint density at radius 3 is 2.80 bits per heavy atom. The zero-order valence-electron chi connectivity index (χ0n) is 10.9. The third kappa shape index (κ3) is 3.25. The lowest BCUT2D eigenvalue weighted by Crippen LogP contribution is -2.12. The molecule has 0 radical (unpaired) electrons. The van der Waals surface area contributed by atoms with Crippen molar-refractivity contribution in [2.45, 2.75) is 19.4 Å². The second kappa shape index (κ2) is 6.36. The van der Waals surface area contributed by atoms with Crippen molar-refractivity contribution in [3.8, 4) is 6.07 Å². The molecule has 102 valence electrons. The molecule has 0 amide bonds. The molecule has 20 heavy (non-hydrogen) atoms. The Labute approximate surface area is 122 Å². The summed E-state index contributed by atoms with van der Waals surface area (Å²) in [5.74, 6) is -0.371. The fourth-order valence-electron chi connectivity index (χ4n) is 1.90. The molecule has 0 aliphatic rings. The molecule has 1 aromatic heterocycles. The highest BCUT2D eigenvalue weighted by atomic mass is 35.5. The van der Waals surface area contributed by atoms with Crippen molar-refractivity contribution in [3.05, 3.63) is 58.6 Å². The zero-order chi connectivity index (χ0) is 14.5. The van der Waals surface area contributed by atoms with Crippen LogP contribution in [0.5, 0.6) is 0 Å². The molecule has 1 atom stereocenters. The maximum Gasteiger partial charge on any atom is 0.141 e. The summed E-state index contributed by atoms with van der Waals surface area (Å²) in [4.78, 5) is 4.07. The molecule has 1 N–H and O–H groups in total. The Morgan fingerprint density at radius 2 is 2.20 bits per heavy atom. The van der Waals surface area contributed by atoms with Crippen molar-refractivity contribution in [2.24, 2.45) is 0 Å². The topological polar surface area (TPSA) is 48.7 Å². The van der Waals surface area contributed by atoms with Gasteiger partial charge in [0.25, 0.3) is 0 Å². The standard InChI is InChI=1S/C15H13ClFN3/c1-2-13(14-6-5-12(17)9-19-14)20-15-7-11(16)4-3-10(15)8-18/h3-7,9,13,20H,2H2,1H3. The fraction of sp³-hybridized carbons (Fsp3) is 0.200. The van der Waals surface area contributed by atoms with Gasteiger partial charge in [-0.15, -0.1) is 0 Å². The van der Waals surface area contributed by atoms with Gasteiger partial charge in [-0.05, 0) is 36.8 Å². The highest BCUT2D eigenvalue weighted by Gasteiger charge is 2.13. The highest BCUT2D eigenvalue weighted by molar-refractivity contribution is 6.30. The van der Waals surface area contributed by atoms with E-state index in [4.69, 9.17) is 16.9 Å². The third-order valence-corrected chi connectivity index (χ3v) is 3.18. The van der Waals surface area contributed by atoms with Gasteiger partial charge in [0.2, 0.25) is 0 Å². The number of pyridine rings is 1. The lowest BCUT2D eigenvalue weighted by Gasteiger charge is -2.18. The molecule has 5 heteroatoms. The average Bonchev–Trinajstić information content (AvgIpc) is 2.46. The summed E-state index contributed by atoms with van der Waals surface area (Å²) in [6, 6.07) is 10.0. The van der Waals surface area contributed by atoms with Crippen LogP contribution in [0, 0.1) is 17.1 Å². The van der Waals surface area contributed by atoms with Gasteiger partial charge in [-0.2, -0.15) is 5.26 Å². The molecule has 0 saturated heterocycles. The summed E-state index contributed by atoms with van der Waals surface area (Å²) < 4.78 is 12.9. The van der Waals surface area contributed by atoms with E-state index < -0.39 is 0 Å². The van der Waals surface area contributed by atoms with Gasteiger partial charge >= 0.3 is 0 Å². The molecule has 0 aliphatic carbocycles. The van der Waals surface area contributed by atoms with Gasteiger partial charge in [-0.3, -0.25) is 4.98 Å². The monoisotopic (exact) mass is 289 g/mol. The van der Waals surface area contributed by atoms with Gasteiger partial charge in [0.05, 0.1) is 29.2 Å². The Balaban J connectivity index is 2.29. The van der Waals surface area contributed by atoms with Crippen LogP contribution in [0.1, 0.15) is 30.6 Å². The summed E-state index contributed by atoms with van der Waals surface area (Å²) in [6.45, 7) is 1.99. The minimum atomic E-state index is -0.371. The van der Waals surface area contributed by atoms with E-state index in [1.807, 2.05) is 6.92 Å². The van der Waals surface area contributed by atoms with Gasteiger partial charge in [-0.25, -0.2) is 4.39 Å². The van der Waals surface area contributed by atoms with E-state index in [9.17, 15) is 4.39 Å². The van der Waals surface area contributed by atoms with Crippen LogP contribution in [0.2, 0.25) is 5.02 Å². The van der Waals surface area contributed by atoms with E-state index in [2.05, 4.69) is 16.4 Å². The molecule has 2 aromatic rings. The number of rotatable bonds is 4. The molecule has 1 unspecified atom stereocenters. The largest absolute Gasteiger partial charge is 0.376 e. The smallest absolute Gasteiger partial charge is 0.141 e. The Bertz CT molecular complexity index is 635. The van der Waals surface area contributed by atoms with Crippen LogP contribution in [0.15, 0.2) is 36.5 Å². The summed E-state index contributed by atoms with van der Waals surface area (Å²) in [6.07, 6.45) is 1.93. The molecule has 2 rings (SSSR count). The van der Waals surface area contributed by atoms with Crippen LogP contribution in [-0.2, 0) is 0 Å². The van der Waals surface area contributed by atoms with Crippen molar-refractivity contribution < 1.29 is 4.39 Å². The van der Waals surface area contributed by atoms with E-state index in [-0.39, 0.29) is 11.9 Å². The van der Waals surface area contributed by atoms with Crippen LogP contribution < -0.4 is 5.32 Å². The molecule has 1 aromatic carbocycles. The predicted octanol–water partition coefficient (Wildman–Crippen LogP) is 4.31. The van der Waals surface area contributed by atoms with Crippen molar-refractivity contribution in [1.29, 1.82) is 5.26 Å². The van der Waals surface area contributed by atoms with Crippen LogP contribution >= 0.6 is 11.6 Å². The molecule has 0 spiro atoms. The van der Waals surface area contributed by atoms with E-state index in [0.29, 0.717) is 16.3 Å². The first kappa shape index (κ1) is 14.3. The Morgan fingerprint density at radius 1 is 1.40 bits per heavy atom. The fourth-order valence-corrected chi connectivity index (χ4v) is 2.07. The lowest BCUT2D eigenvalue weighted by molar-refractivity contribution is 0.614. The molecular formula is C15H13ClFN3. The van der Waals surface area contributed by atoms with E-state index in [1.54, 1.807) is 24.3 Å². The summed E-state index contributed by atoms with van der Waals surface area (Å²) in [7, 11) is 0. The maximum absolute atomic E-state index is 12.9. The first-order chi connectivity index (χ1) is 9.63. The lowest BCUT2D eigenvalue weighted by atomic mass is 10.1. The molecule has 0 fully saturated rings. The van der Waals surface area contributed by atoms with Gasteiger partial charge < -0.3 is 5.32 Å². The van der Waals surface area contributed by atoms with E-state index in [1.165, 1.54) is 12.3 Å². The van der Waals surface area contributed by atoms with Gasteiger partial charge in [0.15, 0.2) is 0 Å². The minimum absolute atomic E-state index is 0.110. The number of hydrogen-bond acceptors (Lipinski definition) is 3. The molecule has 0 saturated carbocycles. The molecule has 3 nitrogen and oxygen atoms in total. The van der Waals surface area contributed by atoms with Crippen LogP contribution in [0.3, 0.4) is 0 Å². The predicted molar refractivity (Wildman–Crippen MR) is 77.0 cm³/mol. The second-order valence-electron chi connectivity index (χ2n) is 4.31. The van der Waals surface area contributed by atoms with Gasteiger partial charge in [0, 0.05) is 5.02 Å². The quantitative estimate of drug-likeness (QED) is 0.912. The van der Waals surface area contributed by atoms with E-state index >= 15 is 0 Å². The molecule has 0 aliphatic heterocycles. The number of hydrogen-bond donors (Lipinski definition) is 1.